The van der Waals surface area contributed by atoms with Crippen molar-refractivity contribution in [2.75, 3.05) is 10.6 Å². The molecule has 0 spiro atoms. The third-order valence-electron chi connectivity index (χ3n) is 4.57. The van der Waals surface area contributed by atoms with Crippen molar-refractivity contribution in [3.63, 3.8) is 0 Å². The molecule has 0 atom stereocenters. The summed E-state index contributed by atoms with van der Waals surface area (Å²) < 4.78 is 29.6. The van der Waals surface area contributed by atoms with Crippen molar-refractivity contribution in [2.45, 2.75) is 51.0 Å². The van der Waals surface area contributed by atoms with E-state index in [2.05, 4.69) is 31.4 Å². The zero-order valence-corrected chi connectivity index (χ0v) is 15.1. The summed E-state index contributed by atoms with van der Waals surface area (Å²) in [4.78, 5) is 8.46. The minimum Gasteiger partial charge on any atom is -0.434 e. The summed E-state index contributed by atoms with van der Waals surface area (Å²) in [6, 6.07) is 8.65. The largest absolute Gasteiger partial charge is 0.434 e. The third kappa shape index (κ3) is 5.27. The number of aliphatic hydroxyl groups is 1. The Hall–Kier alpha value is -2.99. The number of nitriles is 1. The Morgan fingerprint density at radius 3 is 2.71 bits per heavy atom. The standard InChI is InChI=1S/C19H21F2N5O2/c20-18(21)28-16-4-2-1-3-12(16)10-23-19-24-11-13(9-22)17(26-19)25-14-5-7-15(27)8-6-14/h1-4,11,14-15,18,27H,5-8,10H2,(H2,23,24,25,26). The Bertz CT molecular complexity index is 835. The molecule has 1 aromatic heterocycles. The van der Waals surface area contributed by atoms with E-state index < -0.39 is 6.61 Å². The van der Waals surface area contributed by atoms with E-state index in [0.717, 1.165) is 12.8 Å². The first-order chi connectivity index (χ1) is 13.5. The van der Waals surface area contributed by atoms with E-state index in [-0.39, 0.29) is 30.4 Å². The van der Waals surface area contributed by atoms with Gasteiger partial charge in [-0.2, -0.15) is 19.0 Å². The van der Waals surface area contributed by atoms with Gasteiger partial charge in [0.25, 0.3) is 0 Å². The number of ether oxygens (including phenoxy) is 1. The lowest BCUT2D eigenvalue weighted by atomic mass is 9.93. The van der Waals surface area contributed by atoms with Gasteiger partial charge in [0, 0.05) is 18.2 Å². The highest BCUT2D eigenvalue weighted by Crippen LogP contribution is 2.24. The quantitative estimate of drug-likeness (QED) is 0.668. The lowest BCUT2D eigenvalue weighted by Gasteiger charge is -2.26. The highest BCUT2D eigenvalue weighted by molar-refractivity contribution is 5.54. The molecule has 0 amide bonds. The maximum atomic E-state index is 12.5. The van der Waals surface area contributed by atoms with E-state index in [1.165, 1.54) is 12.3 Å². The molecule has 0 radical (unpaired) electrons. The fourth-order valence-electron chi connectivity index (χ4n) is 3.11. The molecule has 1 aromatic carbocycles. The summed E-state index contributed by atoms with van der Waals surface area (Å²) in [5, 5.41) is 25.1. The average Bonchev–Trinajstić information content (AvgIpc) is 2.69. The van der Waals surface area contributed by atoms with Crippen LogP contribution in [-0.4, -0.2) is 33.8 Å². The maximum Gasteiger partial charge on any atom is 0.387 e. The summed E-state index contributed by atoms with van der Waals surface area (Å²) in [7, 11) is 0. The number of alkyl halides is 2. The van der Waals surface area contributed by atoms with Gasteiger partial charge in [-0.25, -0.2) is 4.98 Å². The van der Waals surface area contributed by atoms with Crippen LogP contribution in [0.15, 0.2) is 30.5 Å². The van der Waals surface area contributed by atoms with E-state index >= 15 is 0 Å². The van der Waals surface area contributed by atoms with Crippen molar-refractivity contribution in [2.24, 2.45) is 0 Å². The molecule has 9 heteroatoms. The van der Waals surface area contributed by atoms with Crippen LogP contribution in [0, 0.1) is 11.3 Å². The van der Waals surface area contributed by atoms with Gasteiger partial charge in [0.15, 0.2) is 0 Å². The van der Waals surface area contributed by atoms with Gasteiger partial charge in [-0.1, -0.05) is 18.2 Å². The monoisotopic (exact) mass is 389 g/mol. The van der Waals surface area contributed by atoms with Crippen molar-refractivity contribution in [3.8, 4) is 11.8 Å². The predicted octanol–water partition coefficient (Wildman–Crippen LogP) is 3.28. The molecule has 7 nitrogen and oxygen atoms in total. The molecule has 28 heavy (non-hydrogen) atoms. The highest BCUT2D eigenvalue weighted by atomic mass is 19.3. The van der Waals surface area contributed by atoms with E-state index in [0.29, 0.717) is 29.8 Å². The molecule has 0 saturated heterocycles. The van der Waals surface area contributed by atoms with Crippen molar-refractivity contribution >= 4 is 11.8 Å². The van der Waals surface area contributed by atoms with Crippen LogP contribution in [0.5, 0.6) is 5.75 Å². The highest BCUT2D eigenvalue weighted by Gasteiger charge is 2.21. The Labute approximate surface area is 161 Å². The molecule has 3 N–H and O–H groups in total. The summed E-state index contributed by atoms with van der Waals surface area (Å²) in [6.07, 6.45) is 4.13. The Balaban J connectivity index is 1.69. The number of hydrogen-bond acceptors (Lipinski definition) is 7. The Morgan fingerprint density at radius 2 is 2.00 bits per heavy atom. The van der Waals surface area contributed by atoms with Gasteiger partial charge in [0.05, 0.1) is 12.3 Å². The summed E-state index contributed by atoms with van der Waals surface area (Å²) >= 11 is 0. The summed E-state index contributed by atoms with van der Waals surface area (Å²) in [5.41, 5.74) is 0.852. The Kier molecular flexibility index (Phi) is 6.55. The normalized spacial score (nSPS) is 19.1. The molecule has 0 unspecified atom stereocenters. The zero-order chi connectivity index (χ0) is 19.9. The summed E-state index contributed by atoms with van der Waals surface area (Å²) in [5.74, 6) is 0.764. The Morgan fingerprint density at radius 1 is 1.25 bits per heavy atom. The minimum absolute atomic E-state index is 0.0813. The number of benzene rings is 1. The first-order valence-corrected chi connectivity index (χ1v) is 9.03. The lowest BCUT2D eigenvalue weighted by molar-refractivity contribution is -0.0504. The number of rotatable bonds is 7. The van der Waals surface area contributed by atoms with E-state index in [1.54, 1.807) is 18.2 Å². The molecule has 3 rings (SSSR count). The average molecular weight is 389 g/mol. The first kappa shape index (κ1) is 19.8. The van der Waals surface area contributed by atoms with Crippen LogP contribution in [0.2, 0.25) is 0 Å². The van der Waals surface area contributed by atoms with Gasteiger partial charge in [0.1, 0.15) is 23.2 Å². The van der Waals surface area contributed by atoms with Crippen LogP contribution in [0.25, 0.3) is 0 Å². The minimum atomic E-state index is -2.91. The number of nitrogens with zero attached hydrogens (tertiary/aromatic N) is 3. The number of aromatic nitrogens is 2. The molecule has 1 aliphatic carbocycles. The molecular formula is C19H21F2N5O2. The summed E-state index contributed by atoms with van der Waals surface area (Å²) in [6.45, 7) is -2.72. The molecule has 1 saturated carbocycles. The van der Waals surface area contributed by atoms with Crippen molar-refractivity contribution < 1.29 is 18.6 Å². The second-order valence-corrected chi connectivity index (χ2v) is 6.56. The van der Waals surface area contributed by atoms with Crippen LogP contribution < -0.4 is 15.4 Å². The number of hydrogen-bond donors (Lipinski definition) is 3. The molecular weight excluding hydrogens is 368 g/mol. The predicted molar refractivity (Wildman–Crippen MR) is 99.0 cm³/mol. The lowest BCUT2D eigenvalue weighted by Crippen LogP contribution is -2.29. The number of aliphatic hydroxyl groups excluding tert-OH is 1. The maximum absolute atomic E-state index is 12.5. The second-order valence-electron chi connectivity index (χ2n) is 6.56. The van der Waals surface area contributed by atoms with Crippen molar-refractivity contribution in [1.29, 1.82) is 5.26 Å². The fraction of sp³-hybridized carbons (Fsp3) is 0.421. The topological polar surface area (TPSA) is 103 Å². The molecule has 0 bridgehead atoms. The fourth-order valence-corrected chi connectivity index (χ4v) is 3.11. The van der Waals surface area contributed by atoms with Crippen LogP contribution in [0.1, 0.15) is 36.8 Å². The van der Waals surface area contributed by atoms with Gasteiger partial charge >= 0.3 is 6.61 Å². The second kappa shape index (κ2) is 9.28. The van der Waals surface area contributed by atoms with Crippen LogP contribution in [-0.2, 0) is 6.54 Å². The smallest absolute Gasteiger partial charge is 0.387 e. The third-order valence-corrected chi connectivity index (χ3v) is 4.57. The molecule has 1 heterocycles. The SMILES string of the molecule is N#Cc1cnc(NCc2ccccc2OC(F)F)nc1NC1CCC(O)CC1. The van der Waals surface area contributed by atoms with Gasteiger partial charge in [-0.15, -0.1) is 0 Å². The van der Waals surface area contributed by atoms with E-state index in [4.69, 9.17) is 0 Å². The van der Waals surface area contributed by atoms with E-state index in [9.17, 15) is 19.1 Å². The van der Waals surface area contributed by atoms with Gasteiger partial charge in [0.2, 0.25) is 5.95 Å². The van der Waals surface area contributed by atoms with Crippen LogP contribution in [0.4, 0.5) is 20.5 Å². The number of para-hydroxylation sites is 1. The van der Waals surface area contributed by atoms with Crippen LogP contribution in [0.3, 0.4) is 0 Å². The number of nitrogens with one attached hydrogen (secondary N) is 2. The van der Waals surface area contributed by atoms with Crippen molar-refractivity contribution in [1.82, 2.24) is 9.97 Å². The molecule has 2 aromatic rings. The van der Waals surface area contributed by atoms with Gasteiger partial charge in [-0.05, 0) is 31.7 Å². The van der Waals surface area contributed by atoms with E-state index in [1.807, 2.05) is 0 Å². The van der Waals surface area contributed by atoms with Crippen molar-refractivity contribution in [3.05, 3.63) is 41.6 Å². The molecule has 1 fully saturated rings. The van der Waals surface area contributed by atoms with Gasteiger partial charge < -0.3 is 20.5 Å². The number of halogens is 2. The van der Waals surface area contributed by atoms with Crippen LogP contribution >= 0.6 is 0 Å². The molecule has 1 aliphatic rings. The zero-order valence-electron chi connectivity index (χ0n) is 15.1. The molecule has 0 aliphatic heterocycles. The molecule has 148 valence electrons. The van der Waals surface area contributed by atoms with Gasteiger partial charge in [-0.3, -0.25) is 0 Å². The number of anilines is 2. The first-order valence-electron chi connectivity index (χ1n) is 9.03.